The van der Waals surface area contributed by atoms with E-state index in [0.29, 0.717) is 37.2 Å². The van der Waals surface area contributed by atoms with E-state index in [1.54, 1.807) is 25.3 Å². The lowest BCUT2D eigenvalue weighted by Crippen LogP contribution is -2.50. The molecule has 0 atom stereocenters. The Hall–Kier alpha value is -2.86. The van der Waals surface area contributed by atoms with Gasteiger partial charge in [0.25, 0.3) is 5.91 Å². The third-order valence-corrected chi connectivity index (χ3v) is 9.79. The number of nitrogens with zero attached hydrogens (tertiary/aromatic N) is 3. The quantitative estimate of drug-likeness (QED) is 0.249. The van der Waals surface area contributed by atoms with E-state index in [-0.39, 0.29) is 25.4 Å². The minimum atomic E-state index is -3.71. The van der Waals surface area contributed by atoms with Gasteiger partial charge >= 0.3 is 6.03 Å². The largest absolute Gasteiger partial charge is 0.351 e. The van der Waals surface area contributed by atoms with Gasteiger partial charge in [-0.25, -0.2) is 22.0 Å². The van der Waals surface area contributed by atoms with Crippen LogP contribution in [0.1, 0.15) is 93.7 Å². The van der Waals surface area contributed by atoms with Crippen LogP contribution < -0.4 is 16.0 Å². The molecule has 1 saturated heterocycles. The molecule has 9 nitrogen and oxygen atoms in total. The Labute approximate surface area is 248 Å². The number of hydrogen-bond donors (Lipinski definition) is 2. The van der Waals surface area contributed by atoms with E-state index in [0.717, 1.165) is 61.6 Å². The Morgan fingerprint density at radius 2 is 1.62 bits per heavy atom. The smallest absolute Gasteiger partial charge is 0.318 e. The number of nitrogens with two attached hydrogens (primary N) is 1. The number of anilines is 1. The minimum absolute atomic E-state index is 0.00529. The molecule has 0 aromatic heterocycles. The lowest BCUT2D eigenvalue weighted by molar-refractivity contribution is -0.124. The normalized spacial score (nSPS) is 17.3. The van der Waals surface area contributed by atoms with Gasteiger partial charge < -0.3 is 11.1 Å². The monoisotopic (exact) mass is 609 g/mol. The van der Waals surface area contributed by atoms with Crippen molar-refractivity contribution in [1.82, 2.24) is 9.62 Å². The highest BCUT2D eigenvalue weighted by atomic mass is 32.2. The molecule has 0 aliphatic carbocycles. The number of alkyl halides is 2. The average molecular weight is 610 g/mol. The molecule has 2 heterocycles. The molecular formula is C30H45F2N5O4S. The summed E-state index contributed by atoms with van der Waals surface area (Å²) in [5, 5.41) is 4.12. The first-order chi connectivity index (χ1) is 19.8. The number of carbonyl (C=O) groups excluding carboxylic acids is 2. The van der Waals surface area contributed by atoms with E-state index in [4.69, 9.17) is 10.7 Å². The van der Waals surface area contributed by atoms with Crippen LogP contribution in [0.15, 0.2) is 22.5 Å². The Bertz CT molecular complexity index is 1250. The number of rotatable bonds is 15. The molecule has 0 radical (unpaired) electrons. The van der Waals surface area contributed by atoms with Crippen LogP contribution in [0.5, 0.6) is 0 Å². The van der Waals surface area contributed by atoms with Crippen molar-refractivity contribution in [1.29, 1.82) is 0 Å². The summed E-state index contributed by atoms with van der Waals surface area (Å²) in [7, 11) is -2.14. The zero-order chi connectivity index (χ0) is 30.9. The number of amides is 3. The van der Waals surface area contributed by atoms with Crippen LogP contribution in [-0.4, -0.2) is 62.6 Å². The Balaban J connectivity index is 1.47. The van der Waals surface area contributed by atoms with Gasteiger partial charge in [-0.05, 0) is 74.4 Å². The molecule has 2 aliphatic heterocycles. The minimum Gasteiger partial charge on any atom is -0.351 e. The first-order valence-corrected chi connectivity index (χ1v) is 16.4. The maximum atomic E-state index is 13.1. The second kappa shape index (κ2) is 15.0. The van der Waals surface area contributed by atoms with Gasteiger partial charge in [-0.2, -0.15) is 4.31 Å². The molecule has 1 aromatic rings. The number of nitrogens with one attached hydrogen (secondary N) is 1. The molecule has 0 bridgehead atoms. The van der Waals surface area contributed by atoms with Gasteiger partial charge in [0.2, 0.25) is 16.4 Å². The van der Waals surface area contributed by atoms with Gasteiger partial charge in [0.1, 0.15) is 11.4 Å². The first kappa shape index (κ1) is 33.6. The Kier molecular flexibility index (Phi) is 12.0. The van der Waals surface area contributed by atoms with E-state index < -0.39 is 28.0 Å². The molecule has 0 saturated carbocycles. The number of benzene rings is 1. The Morgan fingerprint density at radius 3 is 2.17 bits per heavy atom. The SMILES string of the molecule is Cc1cc(N(C)C(N)=O)cc(C)c1/C=C/S(=O)(=O)N1CCC2(CC1)N=C(CCCCCCCCCCC(F)F)NC2=O. The first-order valence-electron chi connectivity index (χ1n) is 14.9. The fourth-order valence-electron chi connectivity index (χ4n) is 5.58. The van der Waals surface area contributed by atoms with E-state index in [1.807, 2.05) is 13.8 Å². The number of amidine groups is 1. The number of carbonyl (C=O) groups is 2. The maximum absolute atomic E-state index is 13.1. The third-order valence-electron chi connectivity index (χ3n) is 8.23. The van der Waals surface area contributed by atoms with Crippen molar-refractivity contribution < 1.29 is 26.8 Å². The van der Waals surface area contributed by atoms with Crippen molar-refractivity contribution in [2.75, 3.05) is 25.0 Å². The van der Waals surface area contributed by atoms with Gasteiger partial charge in [-0.15, -0.1) is 0 Å². The highest BCUT2D eigenvalue weighted by molar-refractivity contribution is 7.92. The number of halogens is 2. The number of aliphatic imine (C=N–C) groups is 1. The molecule has 3 rings (SSSR count). The predicted molar refractivity (Wildman–Crippen MR) is 163 cm³/mol. The van der Waals surface area contributed by atoms with Crippen molar-refractivity contribution in [3.63, 3.8) is 0 Å². The second-order valence-electron chi connectivity index (χ2n) is 11.4. The number of primary amides is 1. The van der Waals surface area contributed by atoms with E-state index >= 15 is 0 Å². The van der Waals surface area contributed by atoms with Crippen LogP contribution in [0, 0.1) is 13.8 Å². The highest BCUT2D eigenvalue weighted by Gasteiger charge is 2.46. The van der Waals surface area contributed by atoms with Crippen molar-refractivity contribution in [2.45, 2.75) is 103 Å². The predicted octanol–water partition coefficient (Wildman–Crippen LogP) is 5.65. The van der Waals surface area contributed by atoms with Crippen LogP contribution in [-0.2, 0) is 14.8 Å². The van der Waals surface area contributed by atoms with Crippen molar-refractivity contribution in [3.8, 4) is 0 Å². The lowest BCUT2D eigenvalue weighted by atomic mass is 9.89. The van der Waals surface area contributed by atoms with E-state index in [1.165, 1.54) is 14.6 Å². The highest BCUT2D eigenvalue weighted by Crippen LogP contribution is 2.32. The molecule has 1 aromatic carbocycles. The van der Waals surface area contributed by atoms with Crippen LogP contribution in [0.25, 0.3) is 6.08 Å². The van der Waals surface area contributed by atoms with Crippen molar-refractivity contribution >= 4 is 39.6 Å². The molecular weight excluding hydrogens is 564 g/mol. The van der Waals surface area contributed by atoms with Gasteiger partial charge in [0, 0.05) is 44.1 Å². The van der Waals surface area contributed by atoms with Gasteiger partial charge in [0.05, 0.1) is 0 Å². The Morgan fingerprint density at radius 1 is 1.07 bits per heavy atom. The van der Waals surface area contributed by atoms with Crippen molar-refractivity contribution in [2.24, 2.45) is 10.7 Å². The number of hydrogen-bond acceptors (Lipinski definition) is 5. The molecule has 3 N–H and O–H groups in total. The lowest BCUT2D eigenvalue weighted by Gasteiger charge is -2.34. The summed E-state index contributed by atoms with van der Waals surface area (Å²) in [6, 6.07) is 2.98. The number of urea groups is 1. The standard InChI is InChI=1S/C30H45F2N5O4S/c1-22-20-24(36(3)29(33)39)21-23(2)25(22)14-19-42(40,41)37-17-15-30(16-18-37)28(38)34-27(35-30)13-11-9-7-5-4-6-8-10-12-26(31)32/h14,19-21,26H,4-13,15-18H2,1-3H3,(H2,33,39)(H,34,35,38)/b19-14+. The van der Waals surface area contributed by atoms with Crippen LogP contribution >= 0.6 is 0 Å². The third kappa shape index (κ3) is 9.07. The molecule has 0 unspecified atom stereocenters. The van der Waals surface area contributed by atoms with Gasteiger partial charge in [0.15, 0.2) is 0 Å². The molecule has 12 heteroatoms. The molecule has 234 valence electrons. The van der Waals surface area contributed by atoms with Gasteiger partial charge in [-0.1, -0.05) is 38.5 Å². The summed E-state index contributed by atoms with van der Waals surface area (Å²) < 4.78 is 52.0. The summed E-state index contributed by atoms with van der Waals surface area (Å²) >= 11 is 0. The maximum Gasteiger partial charge on any atom is 0.318 e. The van der Waals surface area contributed by atoms with Crippen molar-refractivity contribution in [3.05, 3.63) is 34.2 Å². The fourth-order valence-corrected chi connectivity index (χ4v) is 6.75. The summed E-state index contributed by atoms with van der Waals surface area (Å²) in [6.07, 6.45) is 8.25. The average Bonchev–Trinajstić information content (AvgIpc) is 3.22. The second-order valence-corrected chi connectivity index (χ2v) is 13.3. The molecule has 2 aliphatic rings. The van der Waals surface area contributed by atoms with E-state index in [2.05, 4.69) is 5.32 Å². The zero-order valence-corrected chi connectivity index (χ0v) is 25.8. The summed E-state index contributed by atoms with van der Waals surface area (Å²) in [5.41, 5.74) is 7.47. The molecule has 1 spiro atoms. The molecule has 42 heavy (non-hydrogen) atoms. The summed E-state index contributed by atoms with van der Waals surface area (Å²) in [5.74, 6) is 0.528. The van der Waals surface area contributed by atoms with Gasteiger partial charge in [-0.3, -0.25) is 14.7 Å². The number of aryl methyl sites for hydroxylation is 2. The fraction of sp³-hybridized carbons (Fsp3) is 0.633. The van der Waals surface area contributed by atoms with Crippen LogP contribution in [0.4, 0.5) is 19.3 Å². The number of unbranched alkanes of at least 4 members (excludes halogenated alkanes) is 7. The van der Waals surface area contributed by atoms with Crippen LogP contribution in [0.2, 0.25) is 0 Å². The summed E-state index contributed by atoms with van der Waals surface area (Å²) in [6.45, 7) is 4.10. The molecule has 1 fully saturated rings. The number of piperidine rings is 1. The zero-order valence-electron chi connectivity index (χ0n) is 25.0. The topological polar surface area (TPSA) is 125 Å². The number of sulfonamides is 1. The molecule has 3 amide bonds. The summed E-state index contributed by atoms with van der Waals surface area (Å²) in [4.78, 5) is 30.4. The van der Waals surface area contributed by atoms with E-state index in [9.17, 15) is 26.8 Å². The van der Waals surface area contributed by atoms with Crippen LogP contribution in [0.3, 0.4) is 0 Å².